The molecule has 0 aromatic carbocycles. The molecule has 0 aliphatic rings. The van der Waals surface area contributed by atoms with Crippen LogP contribution in [0.1, 0.15) is 245 Å². The number of quaternary nitrogens is 1. The number of rotatable bonds is 50. The van der Waals surface area contributed by atoms with Crippen molar-refractivity contribution in [1.29, 1.82) is 0 Å². The van der Waals surface area contributed by atoms with E-state index in [1.165, 1.54) is 148 Å². The molecular weight excluding hydrogens is 846 g/mol. The SMILES string of the molecule is CCCCC/C=C\C/C=C\CCCCCCCC(=O)OCC(COP(=O)(O)OCC[N+](C)(C)C)OC(=O)CCCCCCCCCCCCCCCCC/C=C\C/C=C\CCCCCCC. The minimum atomic E-state index is -4.38. The Kier molecular flexibility index (Phi) is 46.5. The lowest BCUT2D eigenvalue weighted by Crippen LogP contribution is -2.37. The van der Waals surface area contributed by atoms with E-state index in [0.29, 0.717) is 17.4 Å². The van der Waals surface area contributed by atoms with Gasteiger partial charge in [-0.1, -0.05) is 204 Å². The van der Waals surface area contributed by atoms with Crippen molar-refractivity contribution in [2.24, 2.45) is 0 Å². The molecule has 9 nitrogen and oxygen atoms in total. The van der Waals surface area contributed by atoms with Gasteiger partial charge in [-0.2, -0.15) is 0 Å². The zero-order chi connectivity index (χ0) is 48.5. The van der Waals surface area contributed by atoms with E-state index in [-0.39, 0.29) is 32.0 Å². The van der Waals surface area contributed by atoms with Crippen LogP contribution in [0.15, 0.2) is 48.6 Å². The minimum absolute atomic E-state index is 0.0291. The molecule has 0 bridgehead atoms. The Morgan fingerprint density at radius 3 is 1.23 bits per heavy atom. The van der Waals surface area contributed by atoms with Crippen molar-refractivity contribution in [1.82, 2.24) is 0 Å². The lowest BCUT2D eigenvalue weighted by molar-refractivity contribution is -0.870. The lowest BCUT2D eigenvalue weighted by Gasteiger charge is -2.24. The highest BCUT2D eigenvalue weighted by atomic mass is 31.2. The van der Waals surface area contributed by atoms with E-state index in [1.807, 2.05) is 21.1 Å². The van der Waals surface area contributed by atoms with Gasteiger partial charge in [-0.15, -0.1) is 0 Å². The highest BCUT2D eigenvalue weighted by molar-refractivity contribution is 7.47. The van der Waals surface area contributed by atoms with Crippen molar-refractivity contribution in [3.8, 4) is 0 Å². The Hall–Kier alpha value is -2.03. The summed E-state index contributed by atoms with van der Waals surface area (Å²) in [6, 6.07) is 0. The second kappa shape index (κ2) is 48.0. The Balaban J connectivity index is 4.15. The standard InChI is InChI=1S/C56H104NO8P/c1-6-8-10-12-14-16-18-20-22-23-24-25-26-27-28-29-30-31-32-33-35-37-39-41-43-45-47-49-56(59)65-54(53-64-66(60,61)63-51-50-57(3,4)5)52-62-55(58)48-46-44-42-40-38-36-34-21-19-17-15-13-11-9-7-2/h15,17-18,20-21,23-24,34,54H,6-14,16,19,22,25-33,35-53H2,1-5H3/p+1/b17-15-,20-18-,24-23-,34-21-. The Morgan fingerprint density at radius 2 is 0.818 bits per heavy atom. The van der Waals surface area contributed by atoms with Crippen LogP contribution in [-0.2, 0) is 32.7 Å². The number of unbranched alkanes of at least 4 members (excludes halogenated alkanes) is 28. The van der Waals surface area contributed by atoms with Gasteiger partial charge >= 0.3 is 19.8 Å². The summed E-state index contributed by atoms with van der Waals surface area (Å²) in [7, 11) is 1.47. The zero-order valence-corrected chi connectivity index (χ0v) is 44.6. The van der Waals surface area contributed by atoms with E-state index in [1.54, 1.807) is 0 Å². The molecule has 0 aliphatic heterocycles. The molecule has 10 heteroatoms. The lowest BCUT2D eigenvalue weighted by atomic mass is 10.0. The number of carbonyl (C=O) groups excluding carboxylic acids is 2. The van der Waals surface area contributed by atoms with Crippen LogP contribution in [-0.4, -0.2) is 74.9 Å². The fourth-order valence-corrected chi connectivity index (χ4v) is 8.29. The highest BCUT2D eigenvalue weighted by Gasteiger charge is 2.27. The van der Waals surface area contributed by atoms with Gasteiger partial charge in [-0.05, 0) is 77.0 Å². The second-order valence-electron chi connectivity index (χ2n) is 19.6. The Labute approximate surface area is 407 Å². The van der Waals surface area contributed by atoms with Crippen LogP contribution in [0.5, 0.6) is 0 Å². The van der Waals surface area contributed by atoms with Crippen molar-refractivity contribution in [2.75, 3.05) is 47.5 Å². The molecule has 386 valence electrons. The summed E-state index contributed by atoms with van der Waals surface area (Å²) >= 11 is 0. The van der Waals surface area contributed by atoms with E-state index in [0.717, 1.165) is 64.2 Å². The van der Waals surface area contributed by atoms with Crippen LogP contribution in [0, 0.1) is 0 Å². The molecule has 0 saturated carbocycles. The third kappa shape index (κ3) is 51.4. The number of ether oxygens (including phenoxy) is 2. The normalized spacial score (nSPS) is 13.7. The summed E-state index contributed by atoms with van der Waals surface area (Å²) < 4.78 is 34.5. The molecule has 2 unspecified atom stereocenters. The molecule has 0 aliphatic carbocycles. The summed E-state index contributed by atoms with van der Waals surface area (Å²) in [6.07, 6.45) is 58.9. The van der Waals surface area contributed by atoms with Crippen molar-refractivity contribution in [3.05, 3.63) is 48.6 Å². The number of nitrogens with zero attached hydrogens (tertiary/aromatic N) is 1. The van der Waals surface area contributed by atoms with Gasteiger partial charge in [0.05, 0.1) is 27.7 Å². The number of carbonyl (C=O) groups is 2. The molecule has 1 N–H and O–H groups in total. The molecule has 0 radical (unpaired) electrons. The van der Waals surface area contributed by atoms with Gasteiger partial charge in [-0.25, -0.2) is 4.57 Å². The predicted octanol–water partition coefficient (Wildman–Crippen LogP) is 16.6. The molecule has 0 aromatic heterocycles. The summed E-state index contributed by atoms with van der Waals surface area (Å²) in [5.41, 5.74) is 0. The molecule has 2 atom stereocenters. The first-order valence-corrected chi connectivity index (χ1v) is 28.9. The first-order chi connectivity index (χ1) is 32.0. The average Bonchev–Trinajstić information content (AvgIpc) is 3.27. The third-order valence-electron chi connectivity index (χ3n) is 11.8. The largest absolute Gasteiger partial charge is 0.472 e. The van der Waals surface area contributed by atoms with Gasteiger partial charge in [0, 0.05) is 12.8 Å². The Morgan fingerprint density at radius 1 is 0.470 bits per heavy atom. The van der Waals surface area contributed by atoms with E-state index in [4.69, 9.17) is 18.5 Å². The van der Waals surface area contributed by atoms with Gasteiger partial charge < -0.3 is 18.9 Å². The summed E-state index contributed by atoms with van der Waals surface area (Å²) in [5.74, 6) is -0.808. The first kappa shape index (κ1) is 64.0. The van der Waals surface area contributed by atoms with Gasteiger partial charge in [0.15, 0.2) is 6.10 Å². The average molecular weight is 951 g/mol. The van der Waals surface area contributed by atoms with Gasteiger partial charge in [0.2, 0.25) is 0 Å². The molecule has 0 aromatic rings. The van der Waals surface area contributed by atoms with Crippen LogP contribution in [0.4, 0.5) is 0 Å². The molecule has 0 amide bonds. The second-order valence-corrected chi connectivity index (χ2v) is 21.1. The number of allylic oxidation sites excluding steroid dienone is 8. The maximum atomic E-state index is 12.8. The zero-order valence-electron chi connectivity index (χ0n) is 43.7. The van der Waals surface area contributed by atoms with Crippen LogP contribution in [0.25, 0.3) is 0 Å². The fraction of sp³-hybridized carbons (Fsp3) is 0.821. The van der Waals surface area contributed by atoms with Crippen LogP contribution in [0.2, 0.25) is 0 Å². The molecule has 0 saturated heterocycles. The summed E-state index contributed by atoms with van der Waals surface area (Å²) in [6.45, 7) is 4.40. The van der Waals surface area contributed by atoms with Crippen molar-refractivity contribution < 1.29 is 42.1 Å². The maximum Gasteiger partial charge on any atom is 0.472 e. The highest BCUT2D eigenvalue weighted by Crippen LogP contribution is 2.43. The molecular formula is C56H105NO8P+. The molecule has 0 heterocycles. The monoisotopic (exact) mass is 951 g/mol. The summed E-state index contributed by atoms with van der Waals surface area (Å²) in [5, 5.41) is 0. The van der Waals surface area contributed by atoms with Crippen LogP contribution < -0.4 is 0 Å². The van der Waals surface area contributed by atoms with Crippen LogP contribution >= 0.6 is 7.82 Å². The maximum absolute atomic E-state index is 12.8. The van der Waals surface area contributed by atoms with Gasteiger partial charge in [-0.3, -0.25) is 18.6 Å². The van der Waals surface area contributed by atoms with Crippen molar-refractivity contribution in [3.63, 3.8) is 0 Å². The smallest absolute Gasteiger partial charge is 0.462 e. The number of phosphoric acid groups is 1. The Bertz CT molecular complexity index is 1260. The first-order valence-electron chi connectivity index (χ1n) is 27.4. The molecule has 0 rings (SSSR count). The number of phosphoric ester groups is 1. The number of hydrogen-bond donors (Lipinski definition) is 1. The van der Waals surface area contributed by atoms with E-state index in [2.05, 4.69) is 62.5 Å². The number of likely N-dealkylation sites (N-methyl/N-ethyl adjacent to an activating group) is 1. The van der Waals surface area contributed by atoms with Crippen LogP contribution in [0.3, 0.4) is 0 Å². The molecule has 0 spiro atoms. The molecule has 66 heavy (non-hydrogen) atoms. The van der Waals surface area contributed by atoms with E-state index < -0.39 is 26.5 Å². The fourth-order valence-electron chi connectivity index (χ4n) is 7.55. The summed E-state index contributed by atoms with van der Waals surface area (Å²) in [4.78, 5) is 35.6. The van der Waals surface area contributed by atoms with Gasteiger partial charge in [0.25, 0.3) is 0 Å². The topological polar surface area (TPSA) is 108 Å². The molecule has 0 fully saturated rings. The number of esters is 2. The third-order valence-corrected chi connectivity index (χ3v) is 12.8. The number of hydrogen-bond acceptors (Lipinski definition) is 7. The van der Waals surface area contributed by atoms with Crippen molar-refractivity contribution in [2.45, 2.75) is 251 Å². The minimum Gasteiger partial charge on any atom is -0.462 e. The van der Waals surface area contributed by atoms with E-state index >= 15 is 0 Å². The predicted molar refractivity (Wildman–Crippen MR) is 280 cm³/mol. The quantitative estimate of drug-likeness (QED) is 0.0211. The van der Waals surface area contributed by atoms with E-state index in [9.17, 15) is 19.0 Å². The van der Waals surface area contributed by atoms with Crippen molar-refractivity contribution >= 4 is 19.8 Å². The van der Waals surface area contributed by atoms with Gasteiger partial charge in [0.1, 0.15) is 19.8 Å².